The second-order valence-corrected chi connectivity index (χ2v) is 2.51. The molecule has 1 aliphatic rings. The zero-order valence-electron chi connectivity index (χ0n) is 6.57. The van der Waals surface area contributed by atoms with Crippen LogP contribution in [0.25, 0.3) is 0 Å². The lowest BCUT2D eigenvalue weighted by molar-refractivity contribution is 0.287. The molecule has 1 fully saturated rings. The minimum absolute atomic E-state index is 0.395. The molecule has 60 valence electrons. The van der Waals surface area contributed by atoms with E-state index in [9.17, 15) is 0 Å². The van der Waals surface area contributed by atoms with Crippen LogP contribution in [0.15, 0.2) is 0 Å². The highest BCUT2D eigenvalue weighted by molar-refractivity contribution is 4.78. The molecule has 0 bridgehead atoms. The molecule has 0 aromatic rings. The summed E-state index contributed by atoms with van der Waals surface area (Å²) >= 11 is 0. The molecule has 4 heteroatoms. The second-order valence-electron chi connectivity index (χ2n) is 2.51. The minimum Gasteiger partial charge on any atom is -0.311 e. The predicted molar refractivity (Wildman–Crippen MR) is 41.7 cm³/mol. The van der Waals surface area contributed by atoms with Gasteiger partial charge in [0.15, 0.2) is 0 Å². The fourth-order valence-corrected chi connectivity index (χ4v) is 1.10. The van der Waals surface area contributed by atoms with Crippen molar-refractivity contribution in [3.63, 3.8) is 0 Å². The Morgan fingerprint density at radius 1 is 1.10 bits per heavy atom. The summed E-state index contributed by atoms with van der Waals surface area (Å²) in [6.07, 6.45) is 0.789. The molecule has 0 spiro atoms. The first-order chi connectivity index (χ1) is 4.86. The number of rotatable bonds is 2. The maximum atomic E-state index is 3.37. The average Bonchev–Trinajstić information content (AvgIpc) is 2.05. The van der Waals surface area contributed by atoms with E-state index < -0.39 is 0 Å². The topological polar surface area (TPSA) is 48.1 Å². The van der Waals surface area contributed by atoms with Crippen LogP contribution in [0, 0.1) is 0 Å². The molecule has 0 radical (unpaired) electrons. The molecule has 4 nitrogen and oxygen atoms in total. The molecule has 0 aromatic heterocycles. The molecule has 4 N–H and O–H groups in total. The third-order valence-electron chi connectivity index (χ3n) is 1.80. The van der Waals surface area contributed by atoms with E-state index in [-0.39, 0.29) is 0 Å². The van der Waals surface area contributed by atoms with Gasteiger partial charge in [-0.3, -0.25) is 5.32 Å². The normalized spacial score (nSPS) is 34.2. The SMILES string of the molecule is CN[C@H]1CNC[C@@H](NC)N1. The van der Waals surface area contributed by atoms with Gasteiger partial charge in [0, 0.05) is 13.1 Å². The lowest BCUT2D eigenvalue weighted by atomic mass is 10.3. The first-order valence-corrected chi connectivity index (χ1v) is 3.68. The van der Waals surface area contributed by atoms with Crippen molar-refractivity contribution in [1.82, 2.24) is 21.3 Å². The Morgan fingerprint density at radius 2 is 1.60 bits per heavy atom. The molecule has 10 heavy (non-hydrogen) atoms. The Kier molecular flexibility index (Phi) is 3.08. The van der Waals surface area contributed by atoms with Gasteiger partial charge in [-0.05, 0) is 14.1 Å². The molecule has 0 aliphatic carbocycles. The van der Waals surface area contributed by atoms with Gasteiger partial charge in [-0.25, -0.2) is 0 Å². The Balaban J connectivity index is 2.25. The summed E-state index contributed by atoms with van der Waals surface area (Å²) in [6, 6.07) is 0. The lowest BCUT2D eigenvalue weighted by Crippen LogP contribution is -2.63. The first kappa shape index (κ1) is 7.94. The second kappa shape index (κ2) is 3.88. The zero-order valence-corrected chi connectivity index (χ0v) is 6.57. The van der Waals surface area contributed by atoms with Crippen molar-refractivity contribution in [3.05, 3.63) is 0 Å². The summed E-state index contributed by atoms with van der Waals surface area (Å²) in [7, 11) is 3.91. The molecule has 1 saturated heterocycles. The van der Waals surface area contributed by atoms with E-state index in [0.717, 1.165) is 13.1 Å². The van der Waals surface area contributed by atoms with Crippen molar-refractivity contribution in [1.29, 1.82) is 0 Å². The largest absolute Gasteiger partial charge is 0.311 e. The quantitative estimate of drug-likeness (QED) is 0.372. The van der Waals surface area contributed by atoms with E-state index in [1.54, 1.807) is 0 Å². The van der Waals surface area contributed by atoms with Crippen molar-refractivity contribution in [3.8, 4) is 0 Å². The number of hydrogen-bond donors (Lipinski definition) is 4. The third-order valence-corrected chi connectivity index (χ3v) is 1.80. The lowest BCUT2D eigenvalue weighted by Gasteiger charge is -2.31. The van der Waals surface area contributed by atoms with E-state index >= 15 is 0 Å². The van der Waals surface area contributed by atoms with Crippen molar-refractivity contribution in [2.75, 3.05) is 27.2 Å². The van der Waals surface area contributed by atoms with Gasteiger partial charge in [0.1, 0.15) is 0 Å². The van der Waals surface area contributed by atoms with Gasteiger partial charge >= 0.3 is 0 Å². The van der Waals surface area contributed by atoms with E-state index in [1.807, 2.05) is 14.1 Å². The highest BCUT2D eigenvalue weighted by Gasteiger charge is 2.16. The van der Waals surface area contributed by atoms with Crippen molar-refractivity contribution >= 4 is 0 Å². The Hall–Kier alpha value is -0.160. The monoisotopic (exact) mass is 144 g/mol. The van der Waals surface area contributed by atoms with Gasteiger partial charge in [-0.1, -0.05) is 0 Å². The van der Waals surface area contributed by atoms with Gasteiger partial charge in [-0.15, -0.1) is 0 Å². The van der Waals surface area contributed by atoms with Gasteiger partial charge in [0.25, 0.3) is 0 Å². The first-order valence-electron chi connectivity index (χ1n) is 3.68. The van der Waals surface area contributed by atoms with E-state index in [0.29, 0.717) is 12.3 Å². The van der Waals surface area contributed by atoms with Crippen LogP contribution >= 0.6 is 0 Å². The molecule has 0 unspecified atom stereocenters. The fourth-order valence-electron chi connectivity index (χ4n) is 1.10. The van der Waals surface area contributed by atoms with Crippen molar-refractivity contribution in [2.45, 2.75) is 12.3 Å². The van der Waals surface area contributed by atoms with E-state index in [2.05, 4.69) is 21.3 Å². The summed E-state index contributed by atoms with van der Waals surface area (Å²) < 4.78 is 0. The van der Waals surface area contributed by atoms with Crippen LogP contribution in [0.4, 0.5) is 0 Å². The van der Waals surface area contributed by atoms with Crippen LogP contribution in [0.3, 0.4) is 0 Å². The summed E-state index contributed by atoms with van der Waals surface area (Å²) in [4.78, 5) is 0. The fraction of sp³-hybridized carbons (Fsp3) is 1.00. The third kappa shape index (κ3) is 1.91. The van der Waals surface area contributed by atoms with Gasteiger partial charge in [-0.2, -0.15) is 0 Å². The molecular formula is C6H16N4. The van der Waals surface area contributed by atoms with E-state index in [1.165, 1.54) is 0 Å². The number of piperazine rings is 1. The zero-order chi connectivity index (χ0) is 7.40. The Morgan fingerprint density at radius 3 is 2.00 bits per heavy atom. The molecule has 1 heterocycles. The maximum Gasteiger partial charge on any atom is 0.0710 e. The van der Waals surface area contributed by atoms with Crippen LogP contribution in [0.1, 0.15) is 0 Å². The molecule has 0 saturated carbocycles. The van der Waals surface area contributed by atoms with Crippen molar-refractivity contribution < 1.29 is 0 Å². The van der Waals surface area contributed by atoms with E-state index in [4.69, 9.17) is 0 Å². The van der Waals surface area contributed by atoms with Gasteiger partial charge in [0.2, 0.25) is 0 Å². The predicted octanol–water partition coefficient (Wildman–Crippen LogP) is -1.73. The van der Waals surface area contributed by atoms with Gasteiger partial charge < -0.3 is 16.0 Å². The number of hydrogen-bond acceptors (Lipinski definition) is 4. The summed E-state index contributed by atoms with van der Waals surface area (Å²) in [5.41, 5.74) is 0. The van der Waals surface area contributed by atoms with Crippen LogP contribution in [-0.2, 0) is 0 Å². The van der Waals surface area contributed by atoms with Gasteiger partial charge in [0.05, 0.1) is 12.3 Å². The molecular weight excluding hydrogens is 128 g/mol. The Bertz CT molecular complexity index is 85.7. The maximum absolute atomic E-state index is 3.37. The summed E-state index contributed by atoms with van der Waals surface area (Å²) in [5.74, 6) is 0. The molecule has 0 aromatic carbocycles. The highest BCUT2D eigenvalue weighted by atomic mass is 15.3. The summed E-state index contributed by atoms with van der Waals surface area (Å²) in [5, 5.41) is 13.0. The standard InChI is InChI=1S/C6H16N4/c1-7-5-3-9-4-6(8-2)10-5/h5-10H,3-4H2,1-2H3/t5-,6+. The average molecular weight is 144 g/mol. The van der Waals surface area contributed by atoms with Crippen LogP contribution in [0.5, 0.6) is 0 Å². The number of nitrogens with one attached hydrogen (secondary N) is 4. The molecule has 1 rings (SSSR count). The highest BCUT2D eigenvalue weighted by Crippen LogP contribution is 1.85. The van der Waals surface area contributed by atoms with Crippen LogP contribution in [-0.4, -0.2) is 39.5 Å². The Labute approximate surface area is 61.8 Å². The summed E-state index contributed by atoms with van der Waals surface area (Å²) in [6.45, 7) is 1.99. The van der Waals surface area contributed by atoms with Crippen molar-refractivity contribution in [2.24, 2.45) is 0 Å². The van der Waals surface area contributed by atoms with Crippen LogP contribution < -0.4 is 21.3 Å². The van der Waals surface area contributed by atoms with Crippen LogP contribution in [0.2, 0.25) is 0 Å². The smallest absolute Gasteiger partial charge is 0.0710 e. The molecule has 0 amide bonds. The molecule has 1 aliphatic heterocycles. The number of likely N-dealkylation sites (N-methyl/N-ethyl adjacent to an activating group) is 2. The minimum atomic E-state index is 0.395. The molecule has 2 atom stereocenters.